The monoisotopic (exact) mass is 491 g/mol. The van der Waals surface area contributed by atoms with Crippen molar-refractivity contribution in [3.05, 3.63) is 68.8 Å². The Hall–Kier alpha value is -3.57. The highest BCUT2D eigenvalue weighted by molar-refractivity contribution is 7.10. The first-order chi connectivity index (χ1) is 17.1. The second-order valence-electron chi connectivity index (χ2n) is 8.99. The zero-order valence-corrected chi connectivity index (χ0v) is 19.8. The van der Waals surface area contributed by atoms with E-state index >= 15 is 0 Å². The predicted octanol–water partition coefficient (Wildman–Crippen LogP) is 1.98. The molecule has 1 atom stereocenters. The van der Waals surface area contributed by atoms with Gasteiger partial charge in [-0.15, -0.1) is 11.3 Å². The maximum atomic E-state index is 13.4. The molecular formula is C24H25N7O3S. The summed E-state index contributed by atoms with van der Waals surface area (Å²) in [4.78, 5) is 46.7. The number of hydrogen-bond donors (Lipinski definition) is 2. The number of anilines is 1. The van der Waals surface area contributed by atoms with Crippen LogP contribution in [-0.4, -0.2) is 66.2 Å². The van der Waals surface area contributed by atoms with Crippen LogP contribution in [0.4, 0.5) is 5.82 Å². The Bertz CT molecular complexity index is 1440. The molecule has 1 saturated heterocycles. The van der Waals surface area contributed by atoms with Crippen LogP contribution in [0.15, 0.2) is 47.0 Å². The molecule has 0 aromatic carbocycles. The lowest BCUT2D eigenvalue weighted by molar-refractivity contribution is 0.0543. The van der Waals surface area contributed by atoms with Crippen molar-refractivity contribution in [1.82, 2.24) is 29.4 Å². The number of hydrogen-bond acceptors (Lipinski definition) is 8. The van der Waals surface area contributed by atoms with Crippen LogP contribution >= 0.6 is 11.3 Å². The van der Waals surface area contributed by atoms with Gasteiger partial charge in [-0.05, 0) is 48.4 Å². The number of carbonyl (C=O) groups excluding carboxylic acids is 1. The molecule has 11 heteroatoms. The Morgan fingerprint density at radius 3 is 2.89 bits per heavy atom. The maximum Gasteiger partial charge on any atom is 0.327 e. The molecule has 0 bridgehead atoms. The molecule has 1 fully saturated rings. The number of fused-ring (bicyclic) bond motifs is 2. The summed E-state index contributed by atoms with van der Waals surface area (Å²) in [7, 11) is 0. The van der Waals surface area contributed by atoms with Gasteiger partial charge in [0.15, 0.2) is 5.65 Å². The minimum absolute atomic E-state index is 0.0679. The summed E-state index contributed by atoms with van der Waals surface area (Å²) < 4.78 is 1.80. The van der Waals surface area contributed by atoms with Gasteiger partial charge in [0.25, 0.3) is 5.91 Å². The van der Waals surface area contributed by atoms with Crippen LogP contribution in [0.2, 0.25) is 0 Å². The summed E-state index contributed by atoms with van der Waals surface area (Å²) in [6, 6.07) is 7.36. The van der Waals surface area contributed by atoms with Gasteiger partial charge in [-0.1, -0.05) is 0 Å². The third kappa shape index (κ3) is 3.90. The Morgan fingerprint density at radius 1 is 1.20 bits per heavy atom. The Balaban J connectivity index is 1.18. The smallest absolute Gasteiger partial charge is 0.327 e. The molecule has 0 saturated carbocycles. The molecule has 1 amide bonds. The molecule has 4 aromatic rings. The number of H-pyrrole nitrogens is 1. The van der Waals surface area contributed by atoms with E-state index in [2.05, 4.69) is 30.9 Å². The number of nitrogens with zero attached hydrogens (tertiary/aromatic N) is 6. The van der Waals surface area contributed by atoms with Crippen molar-refractivity contribution in [3.8, 4) is 0 Å². The standard InChI is InChI=1S/C24H25N7O3S/c32-13-17-10-15-5-9-35-20(15)12-30(17)23(33)18-11-21(27-14-26-18)29-7-3-16(4-8-29)31-19-2-1-6-25-22(19)28-24(31)34/h1-2,5-6,9,11,14,16-17,32H,3-4,7-8,10,12-13H2,(H,25,28,34). The molecule has 0 aliphatic carbocycles. The zero-order valence-electron chi connectivity index (χ0n) is 19.0. The van der Waals surface area contributed by atoms with Crippen LogP contribution in [0, 0.1) is 0 Å². The van der Waals surface area contributed by atoms with Crippen LogP contribution in [0.3, 0.4) is 0 Å². The minimum atomic E-state index is -0.261. The van der Waals surface area contributed by atoms with Crippen LogP contribution in [-0.2, 0) is 13.0 Å². The third-order valence-corrected chi connectivity index (χ3v) is 7.98. The molecule has 2 aliphatic rings. The number of piperidine rings is 1. The lowest BCUT2D eigenvalue weighted by Gasteiger charge is -2.35. The number of pyridine rings is 1. The predicted molar refractivity (Wildman–Crippen MR) is 132 cm³/mol. The molecule has 35 heavy (non-hydrogen) atoms. The molecule has 6 rings (SSSR count). The number of amides is 1. The average Bonchev–Trinajstić information content (AvgIpc) is 3.50. The van der Waals surface area contributed by atoms with Crippen molar-refractivity contribution < 1.29 is 9.90 Å². The quantitative estimate of drug-likeness (QED) is 0.448. The van der Waals surface area contributed by atoms with Gasteiger partial charge in [0.05, 0.1) is 24.7 Å². The van der Waals surface area contributed by atoms with Gasteiger partial charge in [0, 0.05) is 36.3 Å². The van der Waals surface area contributed by atoms with Crippen molar-refractivity contribution in [2.24, 2.45) is 0 Å². The number of nitrogens with one attached hydrogen (secondary N) is 1. The number of aromatic amines is 1. The summed E-state index contributed by atoms with van der Waals surface area (Å²) in [5.41, 5.74) is 2.82. The molecule has 2 aliphatic heterocycles. The number of aromatic nitrogens is 5. The van der Waals surface area contributed by atoms with E-state index in [9.17, 15) is 14.7 Å². The number of aliphatic hydroxyl groups is 1. The van der Waals surface area contributed by atoms with E-state index in [1.165, 1.54) is 11.9 Å². The highest BCUT2D eigenvalue weighted by Gasteiger charge is 2.32. The van der Waals surface area contributed by atoms with Crippen molar-refractivity contribution in [2.45, 2.75) is 37.9 Å². The normalized spacial score (nSPS) is 18.7. The maximum absolute atomic E-state index is 13.4. The first-order valence-electron chi connectivity index (χ1n) is 11.7. The first-order valence-corrected chi connectivity index (χ1v) is 12.6. The van der Waals surface area contributed by atoms with Gasteiger partial charge < -0.3 is 14.9 Å². The first kappa shape index (κ1) is 21.9. The third-order valence-electron chi connectivity index (χ3n) is 7.04. The Labute approximate surface area is 204 Å². The van der Waals surface area contributed by atoms with E-state index in [0.717, 1.165) is 23.2 Å². The number of imidazole rings is 1. The van der Waals surface area contributed by atoms with Gasteiger partial charge in [0.2, 0.25) is 0 Å². The van der Waals surface area contributed by atoms with Crippen molar-refractivity contribution in [3.63, 3.8) is 0 Å². The number of carbonyl (C=O) groups is 1. The fourth-order valence-corrected chi connectivity index (χ4v) is 6.11. The topological polar surface area (TPSA) is 120 Å². The van der Waals surface area contributed by atoms with E-state index in [0.29, 0.717) is 43.2 Å². The molecule has 4 aromatic heterocycles. The van der Waals surface area contributed by atoms with Gasteiger partial charge in [0.1, 0.15) is 17.8 Å². The van der Waals surface area contributed by atoms with E-state index in [1.807, 2.05) is 17.5 Å². The van der Waals surface area contributed by atoms with Gasteiger partial charge in [-0.25, -0.2) is 19.7 Å². The van der Waals surface area contributed by atoms with Crippen LogP contribution in [0.1, 0.15) is 39.8 Å². The van der Waals surface area contributed by atoms with Crippen LogP contribution < -0.4 is 10.6 Å². The highest BCUT2D eigenvalue weighted by Crippen LogP contribution is 2.30. The fraction of sp³-hybridized carbons (Fsp3) is 0.375. The Kier molecular flexibility index (Phi) is 5.57. The molecule has 180 valence electrons. The van der Waals surface area contributed by atoms with E-state index in [-0.39, 0.29) is 30.3 Å². The summed E-state index contributed by atoms with van der Waals surface area (Å²) in [5.74, 6) is 0.503. The van der Waals surface area contributed by atoms with Gasteiger partial charge >= 0.3 is 5.69 Å². The molecule has 0 spiro atoms. The second kappa shape index (κ2) is 8.90. The van der Waals surface area contributed by atoms with Crippen molar-refractivity contribution in [1.29, 1.82) is 0 Å². The SMILES string of the molecule is O=C(c1cc(N2CCC(n3c(=O)[nH]c4ncccc43)CC2)ncn1)N1Cc2sccc2CC1CO. The molecule has 2 N–H and O–H groups in total. The van der Waals surface area contributed by atoms with E-state index in [1.54, 1.807) is 33.1 Å². The summed E-state index contributed by atoms with van der Waals surface area (Å²) in [5, 5.41) is 11.9. The number of rotatable bonds is 4. The zero-order chi connectivity index (χ0) is 23.9. The highest BCUT2D eigenvalue weighted by atomic mass is 32.1. The lowest BCUT2D eigenvalue weighted by atomic mass is 10.0. The summed E-state index contributed by atoms with van der Waals surface area (Å²) >= 11 is 1.63. The van der Waals surface area contributed by atoms with Gasteiger partial charge in [-0.3, -0.25) is 14.3 Å². The molecule has 1 unspecified atom stereocenters. The summed E-state index contributed by atoms with van der Waals surface area (Å²) in [6.07, 6.45) is 5.29. The van der Waals surface area contributed by atoms with E-state index < -0.39 is 0 Å². The lowest BCUT2D eigenvalue weighted by Crippen LogP contribution is -2.46. The van der Waals surface area contributed by atoms with E-state index in [4.69, 9.17) is 0 Å². The fourth-order valence-electron chi connectivity index (χ4n) is 5.19. The largest absolute Gasteiger partial charge is 0.394 e. The number of aliphatic hydroxyl groups excluding tert-OH is 1. The molecular weight excluding hydrogens is 466 g/mol. The minimum Gasteiger partial charge on any atom is -0.394 e. The van der Waals surface area contributed by atoms with Crippen molar-refractivity contribution in [2.75, 3.05) is 24.6 Å². The molecule has 6 heterocycles. The molecule has 10 nitrogen and oxygen atoms in total. The van der Waals surface area contributed by atoms with Crippen molar-refractivity contribution >= 4 is 34.2 Å². The van der Waals surface area contributed by atoms with Crippen LogP contribution in [0.25, 0.3) is 11.2 Å². The Morgan fingerprint density at radius 2 is 2.06 bits per heavy atom. The molecule has 0 radical (unpaired) electrons. The van der Waals surface area contributed by atoms with Crippen LogP contribution in [0.5, 0.6) is 0 Å². The average molecular weight is 492 g/mol. The number of thiophene rings is 1. The second-order valence-corrected chi connectivity index (χ2v) is 9.99. The van der Waals surface area contributed by atoms with Gasteiger partial charge in [-0.2, -0.15) is 0 Å². The summed E-state index contributed by atoms with van der Waals surface area (Å²) in [6.45, 7) is 1.80.